The number of allylic oxidation sites excluding steroid dienone is 1. The zero-order chi connectivity index (χ0) is 36.3. The van der Waals surface area contributed by atoms with E-state index in [1.54, 1.807) is 11.0 Å². The third kappa shape index (κ3) is 7.29. The van der Waals surface area contributed by atoms with Gasteiger partial charge in [-0.2, -0.15) is 0 Å². The second-order valence-electron chi connectivity index (χ2n) is 15.3. The normalized spacial score (nSPS) is 23.9. The highest BCUT2D eigenvalue weighted by molar-refractivity contribution is 6.06. The third-order valence-corrected chi connectivity index (χ3v) is 12.0. The topological polar surface area (TPSA) is 79.3 Å². The van der Waals surface area contributed by atoms with Crippen molar-refractivity contribution in [3.63, 3.8) is 0 Å². The van der Waals surface area contributed by atoms with Gasteiger partial charge in [0.25, 0.3) is 0 Å². The number of carbonyl (C=O) groups excluding carboxylic acids is 2. The van der Waals surface area contributed by atoms with Crippen LogP contribution in [-0.2, 0) is 20.9 Å². The van der Waals surface area contributed by atoms with E-state index in [-0.39, 0.29) is 41.7 Å². The van der Waals surface area contributed by atoms with Crippen molar-refractivity contribution in [2.75, 3.05) is 26.3 Å². The first-order valence-corrected chi connectivity index (χ1v) is 19.5. The van der Waals surface area contributed by atoms with Crippen LogP contribution in [0.2, 0.25) is 0 Å². The first-order chi connectivity index (χ1) is 26.0. The van der Waals surface area contributed by atoms with E-state index in [1.807, 2.05) is 60.7 Å². The van der Waals surface area contributed by atoms with Gasteiger partial charge in [-0.25, -0.2) is 0 Å². The number of amides is 2. The molecule has 53 heavy (non-hydrogen) atoms. The molecule has 1 aliphatic carbocycles. The fraction of sp³-hybridized carbons (Fsp3) is 0.391. The number of rotatable bonds is 12. The lowest BCUT2D eigenvalue weighted by molar-refractivity contribution is -0.144. The molecule has 3 fully saturated rings. The number of aromatic hydroxyl groups is 1. The molecule has 0 saturated carbocycles. The van der Waals surface area contributed by atoms with Crippen molar-refractivity contribution >= 4 is 28.7 Å². The number of nitrogens with zero attached hydrogens (tertiary/aromatic N) is 2. The van der Waals surface area contributed by atoms with Crippen molar-refractivity contribution in [2.24, 2.45) is 17.8 Å². The van der Waals surface area contributed by atoms with Crippen molar-refractivity contribution in [3.05, 3.63) is 125 Å². The molecular formula is C46H50N2O5. The van der Waals surface area contributed by atoms with E-state index >= 15 is 0 Å². The summed E-state index contributed by atoms with van der Waals surface area (Å²) in [7, 11) is 0. The first kappa shape index (κ1) is 35.3. The molecule has 2 amide bonds. The Bertz CT molecular complexity index is 2000. The van der Waals surface area contributed by atoms with Crippen molar-refractivity contribution in [3.8, 4) is 11.5 Å². The molecule has 274 valence electrons. The van der Waals surface area contributed by atoms with Gasteiger partial charge in [0.1, 0.15) is 18.1 Å². The van der Waals surface area contributed by atoms with Gasteiger partial charge in [0.15, 0.2) is 0 Å². The first-order valence-electron chi connectivity index (χ1n) is 19.5. The Morgan fingerprint density at radius 2 is 1.57 bits per heavy atom. The summed E-state index contributed by atoms with van der Waals surface area (Å²) in [5, 5.41) is 12.4. The Labute approximate surface area is 312 Å². The molecule has 4 aromatic carbocycles. The maximum absolute atomic E-state index is 14.4. The van der Waals surface area contributed by atoms with E-state index in [1.165, 1.54) is 16.7 Å². The summed E-state index contributed by atoms with van der Waals surface area (Å²) >= 11 is 0. The van der Waals surface area contributed by atoms with Crippen LogP contribution in [0.4, 0.5) is 0 Å². The molecule has 0 radical (unpaired) electrons. The van der Waals surface area contributed by atoms with Crippen molar-refractivity contribution in [1.82, 2.24) is 9.80 Å². The average Bonchev–Trinajstić information content (AvgIpc) is 3.73. The number of carbonyl (C=O) groups is 2. The molecule has 7 nitrogen and oxygen atoms in total. The standard InChI is InChI=1S/C46H50N2O5/c1-2-11-31(26-33-19-20-41(49)38-17-10-9-16-37(33)38)18-21-42-43-34(29-52-36-14-7-4-8-15-36)27-39-44(40(43)30-53-42)46(51)48(45(39)50)35-22-24-47(25-23-35)28-32-12-5-3-6-13-32/h3-10,12-17,19-20,26,35,39-40,42,44,49H,2,11,18,21-25,27-30H2,1H3/b31-26+/t39-,40+,42-,44-/m1/s1. The summed E-state index contributed by atoms with van der Waals surface area (Å²) in [6.07, 6.45) is 7.93. The van der Waals surface area contributed by atoms with Gasteiger partial charge < -0.3 is 14.6 Å². The highest BCUT2D eigenvalue weighted by Gasteiger charge is 2.58. The molecule has 4 aliphatic rings. The third-order valence-electron chi connectivity index (χ3n) is 12.0. The van der Waals surface area contributed by atoms with Gasteiger partial charge in [-0.05, 0) is 84.4 Å². The van der Waals surface area contributed by atoms with E-state index in [0.29, 0.717) is 25.4 Å². The molecule has 1 N–H and O–H groups in total. The Morgan fingerprint density at radius 1 is 0.849 bits per heavy atom. The average molecular weight is 711 g/mol. The summed E-state index contributed by atoms with van der Waals surface area (Å²) < 4.78 is 13.0. The number of likely N-dealkylation sites (tertiary alicyclic amines) is 2. The summed E-state index contributed by atoms with van der Waals surface area (Å²) in [5.41, 5.74) is 6.03. The highest BCUT2D eigenvalue weighted by atomic mass is 16.5. The van der Waals surface area contributed by atoms with Crippen LogP contribution >= 0.6 is 0 Å². The number of hydrogen-bond acceptors (Lipinski definition) is 6. The Balaban J connectivity index is 1.02. The Hall–Kier alpha value is -4.72. The van der Waals surface area contributed by atoms with E-state index in [4.69, 9.17) is 9.47 Å². The predicted molar refractivity (Wildman–Crippen MR) is 208 cm³/mol. The van der Waals surface area contributed by atoms with E-state index in [0.717, 1.165) is 85.8 Å². The van der Waals surface area contributed by atoms with Crippen LogP contribution in [-0.4, -0.2) is 65.2 Å². The lowest BCUT2D eigenvalue weighted by atomic mass is 9.69. The smallest absolute Gasteiger partial charge is 0.234 e. The molecule has 3 aliphatic heterocycles. The minimum Gasteiger partial charge on any atom is -0.507 e. The quantitative estimate of drug-likeness (QED) is 0.117. The van der Waals surface area contributed by atoms with Crippen LogP contribution in [0.3, 0.4) is 0 Å². The van der Waals surface area contributed by atoms with Gasteiger partial charge in [-0.3, -0.25) is 19.4 Å². The van der Waals surface area contributed by atoms with Crippen molar-refractivity contribution in [1.29, 1.82) is 0 Å². The molecule has 4 atom stereocenters. The fourth-order valence-corrected chi connectivity index (χ4v) is 9.41. The maximum Gasteiger partial charge on any atom is 0.234 e. The van der Waals surface area contributed by atoms with E-state index in [9.17, 15) is 14.7 Å². The van der Waals surface area contributed by atoms with Crippen molar-refractivity contribution in [2.45, 2.75) is 70.6 Å². The number of benzene rings is 4. The number of phenolic OH excluding ortho intramolecular Hbond substituents is 1. The van der Waals surface area contributed by atoms with Crippen LogP contribution in [0.5, 0.6) is 11.5 Å². The number of fused-ring (bicyclic) bond motifs is 4. The summed E-state index contributed by atoms with van der Waals surface area (Å²) in [6.45, 7) is 5.67. The molecule has 3 heterocycles. The number of imide groups is 1. The monoisotopic (exact) mass is 710 g/mol. The maximum atomic E-state index is 14.4. The fourth-order valence-electron chi connectivity index (χ4n) is 9.41. The Kier molecular flexibility index (Phi) is 10.5. The molecule has 0 spiro atoms. The molecular weight excluding hydrogens is 661 g/mol. The molecule has 0 bridgehead atoms. The zero-order valence-corrected chi connectivity index (χ0v) is 30.7. The lowest BCUT2D eigenvalue weighted by Crippen LogP contribution is -2.47. The highest BCUT2D eigenvalue weighted by Crippen LogP contribution is 2.51. The zero-order valence-electron chi connectivity index (χ0n) is 30.7. The summed E-state index contributed by atoms with van der Waals surface area (Å²) in [6, 6.07) is 32.0. The van der Waals surface area contributed by atoms with Gasteiger partial charge in [0.05, 0.1) is 24.5 Å². The minimum atomic E-state index is -0.376. The van der Waals surface area contributed by atoms with Gasteiger partial charge in [-0.15, -0.1) is 0 Å². The minimum absolute atomic E-state index is 0.00191. The van der Waals surface area contributed by atoms with Gasteiger partial charge >= 0.3 is 0 Å². The SMILES string of the molecule is CCC/C(=C\c1ccc(O)c2ccccc12)CC[C@H]1OC[C@H]2C1=C(COc1ccccc1)C[C@H]1C(=O)N(C3CCN(Cc4ccccc4)CC3)C(=O)[C@H]12. The van der Waals surface area contributed by atoms with E-state index < -0.39 is 0 Å². The van der Waals surface area contributed by atoms with Crippen LogP contribution in [0.15, 0.2) is 114 Å². The molecule has 0 unspecified atom stereocenters. The number of hydrogen-bond donors (Lipinski definition) is 1. The largest absolute Gasteiger partial charge is 0.507 e. The Morgan fingerprint density at radius 3 is 2.32 bits per heavy atom. The van der Waals surface area contributed by atoms with Gasteiger partial charge in [0, 0.05) is 37.0 Å². The second kappa shape index (κ2) is 15.7. The lowest BCUT2D eigenvalue weighted by Gasteiger charge is -2.36. The van der Waals surface area contributed by atoms with Crippen LogP contribution in [0.25, 0.3) is 16.8 Å². The van der Waals surface area contributed by atoms with Crippen LogP contribution in [0, 0.1) is 17.8 Å². The molecule has 3 saturated heterocycles. The number of ether oxygens (including phenoxy) is 2. The predicted octanol–water partition coefficient (Wildman–Crippen LogP) is 8.57. The van der Waals surface area contributed by atoms with Crippen LogP contribution < -0.4 is 4.74 Å². The number of para-hydroxylation sites is 1. The van der Waals surface area contributed by atoms with Gasteiger partial charge in [-0.1, -0.05) is 104 Å². The second-order valence-corrected chi connectivity index (χ2v) is 15.3. The van der Waals surface area contributed by atoms with Crippen LogP contribution in [0.1, 0.15) is 63.0 Å². The molecule has 7 heteroatoms. The molecule has 0 aromatic heterocycles. The molecule has 4 aromatic rings. The summed E-state index contributed by atoms with van der Waals surface area (Å²) in [5.74, 6) is 0.222. The van der Waals surface area contributed by atoms with Crippen molar-refractivity contribution < 1.29 is 24.2 Å². The number of piperidine rings is 1. The number of phenols is 1. The van der Waals surface area contributed by atoms with Gasteiger partial charge in [0.2, 0.25) is 11.8 Å². The molecule has 8 rings (SSSR count). The van der Waals surface area contributed by atoms with E-state index in [2.05, 4.69) is 48.2 Å². The summed E-state index contributed by atoms with van der Waals surface area (Å²) in [4.78, 5) is 32.8.